The SMILES string of the molecule is CCc1ccc(C(Br)c2ccc(Br)cc2)cc1. The van der Waals surface area contributed by atoms with Crippen LogP contribution in [0.15, 0.2) is 53.0 Å². The maximum atomic E-state index is 3.75. The van der Waals surface area contributed by atoms with Crippen molar-refractivity contribution in [2.45, 2.75) is 18.2 Å². The Labute approximate surface area is 119 Å². The molecule has 0 bridgehead atoms. The molecule has 0 saturated carbocycles. The summed E-state index contributed by atoms with van der Waals surface area (Å²) >= 11 is 7.20. The van der Waals surface area contributed by atoms with E-state index in [1.165, 1.54) is 16.7 Å². The van der Waals surface area contributed by atoms with Gasteiger partial charge in [0.2, 0.25) is 0 Å². The second-order valence-electron chi connectivity index (χ2n) is 4.01. The van der Waals surface area contributed by atoms with Crippen LogP contribution in [-0.4, -0.2) is 0 Å². The highest BCUT2D eigenvalue weighted by Gasteiger charge is 2.09. The summed E-state index contributed by atoms with van der Waals surface area (Å²) in [5, 5.41) is 0. The quantitative estimate of drug-likeness (QED) is 0.639. The summed E-state index contributed by atoms with van der Waals surface area (Å²) in [4.78, 5) is 0.265. The lowest BCUT2D eigenvalue weighted by atomic mass is 10.0. The van der Waals surface area contributed by atoms with Crippen LogP contribution in [0.3, 0.4) is 0 Å². The first-order chi connectivity index (χ1) is 8.20. The summed E-state index contributed by atoms with van der Waals surface area (Å²) in [5.41, 5.74) is 3.95. The van der Waals surface area contributed by atoms with E-state index >= 15 is 0 Å². The van der Waals surface area contributed by atoms with Crippen LogP contribution in [0, 0.1) is 0 Å². The van der Waals surface area contributed by atoms with E-state index in [0.29, 0.717) is 0 Å². The molecule has 0 aliphatic carbocycles. The van der Waals surface area contributed by atoms with Crippen molar-refractivity contribution in [1.82, 2.24) is 0 Å². The Kier molecular flexibility index (Phi) is 4.41. The van der Waals surface area contributed by atoms with Crippen LogP contribution in [0.2, 0.25) is 0 Å². The van der Waals surface area contributed by atoms with Gasteiger partial charge < -0.3 is 0 Å². The molecule has 88 valence electrons. The second-order valence-corrected chi connectivity index (χ2v) is 5.84. The van der Waals surface area contributed by atoms with E-state index in [9.17, 15) is 0 Å². The van der Waals surface area contributed by atoms with Crippen LogP contribution in [0.25, 0.3) is 0 Å². The number of hydrogen-bond acceptors (Lipinski definition) is 0. The molecule has 0 aromatic heterocycles. The molecule has 2 heteroatoms. The Hall–Kier alpha value is -0.600. The molecule has 2 aromatic rings. The van der Waals surface area contributed by atoms with Crippen molar-refractivity contribution in [2.24, 2.45) is 0 Å². The van der Waals surface area contributed by atoms with Gasteiger partial charge >= 0.3 is 0 Å². The van der Waals surface area contributed by atoms with Crippen molar-refractivity contribution < 1.29 is 0 Å². The number of hydrogen-bond donors (Lipinski definition) is 0. The minimum Gasteiger partial charge on any atom is -0.0786 e. The van der Waals surface area contributed by atoms with Crippen molar-refractivity contribution in [1.29, 1.82) is 0 Å². The van der Waals surface area contributed by atoms with Crippen LogP contribution < -0.4 is 0 Å². The molecule has 17 heavy (non-hydrogen) atoms. The summed E-state index contributed by atoms with van der Waals surface area (Å²) in [7, 11) is 0. The summed E-state index contributed by atoms with van der Waals surface area (Å²) in [6.07, 6.45) is 1.09. The first kappa shape index (κ1) is 12.8. The van der Waals surface area contributed by atoms with Crippen molar-refractivity contribution in [3.63, 3.8) is 0 Å². The van der Waals surface area contributed by atoms with Gasteiger partial charge in [0, 0.05) is 4.47 Å². The fourth-order valence-corrected chi connectivity index (χ4v) is 2.62. The monoisotopic (exact) mass is 352 g/mol. The molecule has 2 aromatic carbocycles. The number of benzene rings is 2. The van der Waals surface area contributed by atoms with E-state index < -0.39 is 0 Å². The molecule has 0 nitrogen and oxygen atoms in total. The molecule has 0 spiro atoms. The van der Waals surface area contributed by atoms with Gasteiger partial charge in [-0.1, -0.05) is 75.2 Å². The van der Waals surface area contributed by atoms with Gasteiger partial charge in [-0.15, -0.1) is 0 Å². The molecule has 0 radical (unpaired) electrons. The van der Waals surface area contributed by atoms with E-state index in [1.54, 1.807) is 0 Å². The van der Waals surface area contributed by atoms with E-state index in [2.05, 4.69) is 87.3 Å². The lowest BCUT2D eigenvalue weighted by Gasteiger charge is -2.11. The maximum Gasteiger partial charge on any atom is 0.0644 e. The normalized spacial score (nSPS) is 12.4. The van der Waals surface area contributed by atoms with Crippen molar-refractivity contribution in [2.75, 3.05) is 0 Å². The number of rotatable bonds is 3. The predicted molar refractivity (Wildman–Crippen MR) is 80.7 cm³/mol. The van der Waals surface area contributed by atoms with E-state index in [4.69, 9.17) is 0 Å². The van der Waals surface area contributed by atoms with Gasteiger partial charge in [0.05, 0.1) is 4.83 Å². The van der Waals surface area contributed by atoms with Crippen molar-refractivity contribution >= 4 is 31.9 Å². The second kappa shape index (κ2) is 5.83. The Morgan fingerprint density at radius 3 is 1.82 bits per heavy atom. The lowest BCUT2D eigenvalue weighted by molar-refractivity contribution is 1.11. The third-order valence-corrected chi connectivity index (χ3v) is 4.43. The fraction of sp³-hybridized carbons (Fsp3) is 0.200. The van der Waals surface area contributed by atoms with Gasteiger partial charge in [0.25, 0.3) is 0 Å². The fourth-order valence-electron chi connectivity index (χ4n) is 1.75. The Morgan fingerprint density at radius 1 is 0.882 bits per heavy atom. The van der Waals surface area contributed by atoms with Crippen molar-refractivity contribution in [3.05, 3.63) is 69.7 Å². The van der Waals surface area contributed by atoms with Crippen LogP contribution in [0.1, 0.15) is 28.4 Å². The first-order valence-corrected chi connectivity index (χ1v) is 7.40. The molecule has 0 aliphatic rings. The Bertz CT molecular complexity index is 471. The Balaban J connectivity index is 2.23. The highest BCUT2D eigenvalue weighted by Crippen LogP contribution is 2.31. The number of alkyl halides is 1. The summed E-state index contributed by atoms with van der Waals surface area (Å²) < 4.78 is 1.11. The van der Waals surface area contributed by atoms with Gasteiger partial charge in [-0.2, -0.15) is 0 Å². The van der Waals surface area contributed by atoms with Crippen LogP contribution in [0.5, 0.6) is 0 Å². The molecule has 0 amide bonds. The zero-order valence-electron chi connectivity index (χ0n) is 9.66. The van der Waals surface area contributed by atoms with Crippen LogP contribution in [0.4, 0.5) is 0 Å². The minimum absolute atomic E-state index is 0.265. The van der Waals surface area contributed by atoms with Crippen molar-refractivity contribution in [3.8, 4) is 0 Å². The molecule has 0 saturated heterocycles. The predicted octanol–water partition coefficient (Wildman–Crippen LogP) is 5.50. The molecule has 0 N–H and O–H groups in total. The van der Waals surface area contributed by atoms with Gasteiger partial charge in [0.15, 0.2) is 0 Å². The zero-order chi connectivity index (χ0) is 12.3. The standard InChI is InChI=1S/C15H14Br2/c1-2-11-3-5-12(6-4-11)15(17)13-7-9-14(16)10-8-13/h3-10,15H,2H2,1H3. The van der Waals surface area contributed by atoms with E-state index in [0.717, 1.165) is 10.9 Å². The average Bonchev–Trinajstić information content (AvgIpc) is 2.39. The van der Waals surface area contributed by atoms with Crippen LogP contribution in [-0.2, 0) is 6.42 Å². The number of aryl methyl sites for hydroxylation is 1. The highest BCUT2D eigenvalue weighted by molar-refractivity contribution is 9.10. The van der Waals surface area contributed by atoms with Gasteiger partial charge in [-0.25, -0.2) is 0 Å². The molecule has 0 aliphatic heterocycles. The lowest BCUT2D eigenvalue weighted by Crippen LogP contribution is -1.92. The molecule has 2 rings (SSSR count). The smallest absolute Gasteiger partial charge is 0.0644 e. The van der Waals surface area contributed by atoms with Gasteiger partial charge in [-0.3, -0.25) is 0 Å². The molecular weight excluding hydrogens is 340 g/mol. The summed E-state index contributed by atoms with van der Waals surface area (Å²) in [6.45, 7) is 2.18. The third-order valence-electron chi connectivity index (χ3n) is 2.84. The summed E-state index contributed by atoms with van der Waals surface area (Å²) in [6, 6.07) is 17.2. The highest BCUT2D eigenvalue weighted by atomic mass is 79.9. The van der Waals surface area contributed by atoms with E-state index in [-0.39, 0.29) is 4.83 Å². The minimum atomic E-state index is 0.265. The molecule has 1 atom stereocenters. The maximum absolute atomic E-state index is 3.75. The molecular formula is C15H14Br2. The van der Waals surface area contributed by atoms with Gasteiger partial charge in [0.1, 0.15) is 0 Å². The molecule has 1 unspecified atom stereocenters. The van der Waals surface area contributed by atoms with Gasteiger partial charge in [-0.05, 0) is 35.2 Å². The van der Waals surface area contributed by atoms with E-state index in [1.807, 2.05) is 0 Å². The zero-order valence-corrected chi connectivity index (χ0v) is 12.8. The first-order valence-electron chi connectivity index (χ1n) is 5.69. The largest absolute Gasteiger partial charge is 0.0786 e. The molecule has 0 heterocycles. The number of halogens is 2. The summed E-state index contributed by atoms with van der Waals surface area (Å²) in [5.74, 6) is 0. The van der Waals surface area contributed by atoms with Crippen LogP contribution >= 0.6 is 31.9 Å². The average molecular weight is 354 g/mol. The molecule has 0 fully saturated rings. The Morgan fingerprint density at radius 2 is 1.35 bits per heavy atom. The topological polar surface area (TPSA) is 0 Å². The third kappa shape index (κ3) is 3.20.